The Morgan fingerprint density at radius 1 is 1.21 bits per heavy atom. The van der Waals surface area contributed by atoms with E-state index in [9.17, 15) is 4.79 Å². The number of aryl methyl sites for hydroxylation is 1. The maximum atomic E-state index is 11.4. The SMILES string of the molecule is Cc1ccc(-n2ccccc2=O)cn1. The van der Waals surface area contributed by atoms with Gasteiger partial charge in [0.1, 0.15) is 0 Å². The fourth-order valence-corrected chi connectivity index (χ4v) is 1.24. The third-order valence-electron chi connectivity index (χ3n) is 2.00. The summed E-state index contributed by atoms with van der Waals surface area (Å²) in [6, 6.07) is 8.83. The Labute approximate surface area is 81.7 Å². The Hall–Kier alpha value is -1.90. The summed E-state index contributed by atoms with van der Waals surface area (Å²) in [6.07, 6.45) is 3.42. The van der Waals surface area contributed by atoms with Crippen LogP contribution in [-0.4, -0.2) is 9.55 Å². The third kappa shape index (κ3) is 1.57. The van der Waals surface area contributed by atoms with Crippen LogP contribution in [-0.2, 0) is 0 Å². The Kier molecular flexibility index (Phi) is 2.14. The summed E-state index contributed by atoms with van der Waals surface area (Å²) in [5.41, 5.74) is 1.69. The van der Waals surface area contributed by atoms with Gasteiger partial charge >= 0.3 is 0 Å². The van der Waals surface area contributed by atoms with Gasteiger partial charge in [-0.2, -0.15) is 0 Å². The molecule has 2 heterocycles. The average molecular weight is 186 g/mol. The van der Waals surface area contributed by atoms with E-state index in [2.05, 4.69) is 4.98 Å². The summed E-state index contributed by atoms with van der Waals surface area (Å²) in [4.78, 5) is 15.6. The molecular formula is C11H10N2O. The van der Waals surface area contributed by atoms with Crippen molar-refractivity contribution in [3.05, 3.63) is 58.8 Å². The molecule has 0 saturated heterocycles. The van der Waals surface area contributed by atoms with Crippen molar-refractivity contribution >= 4 is 0 Å². The van der Waals surface area contributed by atoms with Crippen molar-refractivity contribution in [3.8, 4) is 5.69 Å². The van der Waals surface area contributed by atoms with Crippen LogP contribution in [0.3, 0.4) is 0 Å². The highest BCUT2D eigenvalue weighted by Crippen LogP contribution is 2.02. The molecule has 2 rings (SSSR count). The molecule has 2 aromatic heterocycles. The van der Waals surface area contributed by atoms with Gasteiger partial charge in [-0.25, -0.2) is 0 Å². The van der Waals surface area contributed by atoms with Crippen LogP contribution in [0, 0.1) is 6.92 Å². The molecule has 0 aliphatic carbocycles. The van der Waals surface area contributed by atoms with E-state index < -0.39 is 0 Å². The van der Waals surface area contributed by atoms with Crippen LogP contribution in [0.25, 0.3) is 5.69 Å². The summed E-state index contributed by atoms with van der Waals surface area (Å²) in [7, 11) is 0. The molecule has 70 valence electrons. The minimum absolute atomic E-state index is 0.0434. The molecule has 0 amide bonds. The van der Waals surface area contributed by atoms with Crippen molar-refractivity contribution in [3.63, 3.8) is 0 Å². The van der Waals surface area contributed by atoms with E-state index in [0.717, 1.165) is 11.4 Å². The van der Waals surface area contributed by atoms with E-state index in [4.69, 9.17) is 0 Å². The van der Waals surface area contributed by atoms with Crippen LogP contribution in [0.15, 0.2) is 47.5 Å². The molecule has 0 aromatic carbocycles. The van der Waals surface area contributed by atoms with Crippen LogP contribution in [0.5, 0.6) is 0 Å². The minimum Gasteiger partial charge on any atom is -0.283 e. The Morgan fingerprint density at radius 2 is 2.07 bits per heavy atom. The van der Waals surface area contributed by atoms with Crippen LogP contribution in [0.2, 0.25) is 0 Å². The highest BCUT2D eigenvalue weighted by atomic mass is 16.1. The quantitative estimate of drug-likeness (QED) is 0.677. The smallest absolute Gasteiger partial charge is 0.255 e. The van der Waals surface area contributed by atoms with Gasteiger partial charge in [-0.05, 0) is 25.1 Å². The Morgan fingerprint density at radius 3 is 2.71 bits per heavy atom. The monoisotopic (exact) mass is 186 g/mol. The summed E-state index contributed by atoms with van der Waals surface area (Å²) < 4.78 is 1.56. The van der Waals surface area contributed by atoms with Crippen molar-refractivity contribution in [2.24, 2.45) is 0 Å². The number of hydrogen-bond acceptors (Lipinski definition) is 2. The molecule has 0 spiro atoms. The largest absolute Gasteiger partial charge is 0.283 e. The summed E-state index contributed by atoms with van der Waals surface area (Å²) in [5, 5.41) is 0. The van der Waals surface area contributed by atoms with Crippen LogP contribution >= 0.6 is 0 Å². The van der Waals surface area contributed by atoms with Crippen LogP contribution < -0.4 is 5.56 Å². The topological polar surface area (TPSA) is 34.9 Å². The molecule has 14 heavy (non-hydrogen) atoms. The lowest BCUT2D eigenvalue weighted by atomic mass is 10.3. The first-order valence-electron chi connectivity index (χ1n) is 4.38. The number of pyridine rings is 2. The molecular weight excluding hydrogens is 176 g/mol. The number of nitrogens with zero attached hydrogens (tertiary/aromatic N) is 2. The minimum atomic E-state index is -0.0434. The van der Waals surface area contributed by atoms with E-state index in [-0.39, 0.29) is 5.56 Å². The summed E-state index contributed by atoms with van der Waals surface area (Å²) in [6.45, 7) is 1.91. The van der Waals surface area contributed by atoms with E-state index in [1.165, 1.54) is 6.07 Å². The van der Waals surface area contributed by atoms with E-state index in [0.29, 0.717) is 0 Å². The lowest BCUT2D eigenvalue weighted by molar-refractivity contribution is 0.972. The molecule has 3 nitrogen and oxygen atoms in total. The Balaban J connectivity index is 2.56. The molecule has 0 saturated carbocycles. The van der Waals surface area contributed by atoms with Crippen molar-refractivity contribution in [2.45, 2.75) is 6.92 Å². The second-order valence-electron chi connectivity index (χ2n) is 3.07. The first-order chi connectivity index (χ1) is 6.77. The van der Waals surface area contributed by atoms with E-state index in [1.807, 2.05) is 25.1 Å². The van der Waals surface area contributed by atoms with Gasteiger partial charge in [0.25, 0.3) is 5.56 Å². The predicted octanol–water partition coefficient (Wildman–Crippen LogP) is 1.54. The lowest BCUT2D eigenvalue weighted by Gasteiger charge is -2.03. The van der Waals surface area contributed by atoms with Gasteiger partial charge in [0.2, 0.25) is 0 Å². The van der Waals surface area contributed by atoms with Crippen molar-refractivity contribution in [1.82, 2.24) is 9.55 Å². The zero-order valence-electron chi connectivity index (χ0n) is 7.84. The van der Waals surface area contributed by atoms with Gasteiger partial charge < -0.3 is 0 Å². The van der Waals surface area contributed by atoms with E-state index in [1.54, 1.807) is 23.0 Å². The molecule has 0 aliphatic heterocycles. The van der Waals surface area contributed by atoms with Gasteiger partial charge in [0, 0.05) is 18.0 Å². The van der Waals surface area contributed by atoms with Gasteiger partial charge in [0.05, 0.1) is 11.9 Å². The highest BCUT2D eigenvalue weighted by Gasteiger charge is 1.96. The van der Waals surface area contributed by atoms with Crippen LogP contribution in [0.1, 0.15) is 5.69 Å². The molecule has 0 radical (unpaired) electrons. The van der Waals surface area contributed by atoms with Crippen LogP contribution in [0.4, 0.5) is 0 Å². The zero-order valence-corrected chi connectivity index (χ0v) is 7.84. The maximum absolute atomic E-state index is 11.4. The number of hydrogen-bond donors (Lipinski definition) is 0. The van der Waals surface area contributed by atoms with Crippen molar-refractivity contribution < 1.29 is 0 Å². The molecule has 0 fully saturated rings. The molecule has 3 heteroatoms. The Bertz CT molecular complexity index is 485. The fraction of sp³-hybridized carbons (Fsp3) is 0.0909. The van der Waals surface area contributed by atoms with Gasteiger partial charge in [0.15, 0.2) is 0 Å². The van der Waals surface area contributed by atoms with Crippen molar-refractivity contribution in [2.75, 3.05) is 0 Å². The maximum Gasteiger partial charge on any atom is 0.255 e. The first-order valence-corrected chi connectivity index (χ1v) is 4.38. The van der Waals surface area contributed by atoms with Gasteiger partial charge in [-0.15, -0.1) is 0 Å². The number of rotatable bonds is 1. The highest BCUT2D eigenvalue weighted by molar-refractivity contribution is 5.29. The normalized spacial score (nSPS) is 10.1. The summed E-state index contributed by atoms with van der Waals surface area (Å²) >= 11 is 0. The standard InChI is InChI=1S/C11H10N2O/c1-9-5-6-10(8-12-9)13-7-3-2-4-11(13)14/h2-8H,1H3. The molecule has 2 aromatic rings. The van der Waals surface area contributed by atoms with Crippen molar-refractivity contribution in [1.29, 1.82) is 0 Å². The summed E-state index contributed by atoms with van der Waals surface area (Å²) in [5.74, 6) is 0. The molecule has 0 bridgehead atoms. The number of aromatic nitrogens is 2. The predicted molar refractivity (Wildman–Crippen MR) is 54.6 cm³/mol. The first kappa shape index (κ1) is 8.69. The van der Waals surface area contributed by atoms with Gasteiger partial charge in [-0.1, -0.05) is 6.07 Å². The van der Waals surface area contributed by atoms with E-state index >= 15 is 0 Å². The fourth-order valence-electron chi connectivity index (χ4n) is 1.24. The average Bonchev–Trinajstić information content (AvgIpc) is 2.20. The molecule has 0 unspecified atom stereocenters. The molecule has 0 atom stereocenters. The third-order valence-corrected chi connectivity index (χ3v) is 2.00. The van der Waals surface area contributed by atoms with Gasteiger partial charge in [-0.3, -0.25) is 14.3 Å². The lowest BCUT2D eigenvalue weighted by Crippen LogP contribution is -2.15. The zero-order chi connectivity index (χ0) is 9.97. The second kappa shape index (κ2) is 3.46. The second-order valence-corrected chi connectivity index (χ2v) is 3.07. The molecule has 0 N–H and O–H groups in total. The molecule has 0 aliphatic rings.